The van der Waals surface area contributed by atoms with E-state index in [0.29, 0.717) is 6.17 Å². The second-order valence-electron chi connectivity index (χ2n) is 3.70. The molecule has 0 amide bonds. The summed E-state index contributed by atoms with van der Waals surface area (Å²) in [5.41, 5.74) is 1.23. The molecule has 0 saturated carbocycles. The van der Waals surface area contributed by atoms with Gasteiger partial charge in [-0.15, -0.1) is 24.8 Å². The van der Waals surface area contributed by atoms with Crippen LogP contribution in [0.1, 0.15) is 19.3 Å². The van der Waals surface area contributed by atoms with Crippen LogP contribution in [0, 0.1) is 0 Å². The van der Waals surface area contributed by atoms with Crippen LogP contribution in [0.25, 0.3) is 0 Å². The summed E-state index contributed by atoms with van der Waals surface area (Å²) in [6.45, 7) is 1.14. The molecule has 1 N–H and O–H groups in total. The zero-order valence-corrected chi connectivity index (χ0v) is 11.1. The molecule has 1 atom stereocenters. The summed E-state index contributed by atoms with van der Waals surface area (Å²) in [7, 11) is 2.03. The Balaban J connectivity index is 0.00000112. The number of nitrogens with zero attached hydrogens (tertiary/aromatic N) is 2. The number of halogens is 2. The summed E-state index contributed by atoms with van der Waals surface area (Å²) < 4.78 is 0. The Hall–Kier alpha value is -0.510. The molecule has 1 fully saturated rings. The van der Waals surface area contributed by atoms with E-state index in [0.717, 1.165) is 6.54 Å². The normalized spacial score (nSPS) is 19.6. The average molecular weight is 264 g/mol. The van der Waals surface area contributed by atoms with E-state index in [1.54, 1.807) is 0 Å². The Labute approximate surface area is 109 Å². The van der Waals surface area contributed by atoms with Crippen LogP contribution < -0.4 is 10.2 Å². The van der Waals surface area contributed by atoms with Gasteiger partial charge in [0, 0.05) is 12.7 Å². The van der Waals surface area contributed by atoms with Gasteiger partial charge in [0.15, 0.2) is 0 Å². The van der Waals surface area contributed by atoms with E-state index in [1.165, 1.54) is 24.9 Å². The van der Waals surface area contributed by atoms with Gasteiger partial charge in [0.2, 0.25) is 0 Å². The van der Waals surface area contributed by atoms with E-state index in [2.05, 4.69) is 21.3 Å². The minimum atomic E-state index is 0. The topological polar surface area (TPSA) is 28.2 Å². The molecule has 1 aromatic rings. The van der Waals surface area contributed by atoms with Crippen LogP contribution in [0.5, 0.6) is 0 Å². The molecule has 1 unspecified atom stereocenters. The summed E-state index contributed by atoms with van der Waals surface area (Å²) in [6.07, 6.45) is 8.08. The molecule has 2 heterocycles. The zero-order valence-electron chi connectivity index (χ0n) is 9.43. The van der Waals surface area contributed by atoms with Crippen molar-refractivity contribution in [3.8, 4) is 0 Å². The predicted molar refractivity (Wildman–Crippen MR) is 72.8 cm³/mol. The van der Waals surface area contributed by atoms with Crippen LogP contribution in [-0.2, 0) is 0 Å². The molecule has 0 bridgehead atoms. The van der Waals surface area contributed by atoms with E-state index in [-0.39, 0.29) is 24.8 Å². The van der Waals surface area contributed by atoms with Gasteiger partial charge in [-0.2, -0.15) is 0 Å². The lowest BCUT2D eigenvalue weighted by molar-refractivity contribution is 0.418. The van der Waals surface area contributed by atoms with Crippen LogP contribution in [0.2, 0.25) is 0 Å². The molecule has 92 valence electrons. The molecule has 0 aliphatic carbocycles. The number of piperidine rings is 1. The van der Waals surface area contributed by atoms with E-state index in [4.69, 9.17) is 0 Å². The van der Waals surface area contributed by atoms with Gasteiger partial charge in [-0.1, -0.05) is 0 Å². The Morgan fingerprint density at radius 1 is 1.38 bits per heavy atom. The summed E-state index contributed by atoms with van der Waals surface area (Å²) in [5, 5.41) is 3.35. The van der Waals surface area contributed by atoms with Gasteiger partial charge < -0.3 is 10.2 Å². The lowest BCUT2D eigenvalue weighted by atomic mass is 10.1. The van der Waals surface area contributed by atoms with Crippen molar-refractivity contribution in [3.05, 3.63) is 24.5 Å². The average Bonchev–Trinajstić information content (AvgIpc) is 2.30. The number of nitrogens with one attached hydrogen (secondary N) is 1. The van der Waals surface area contributed by atoms with E-state index in [1.807, 2.05) is 25.5 Å². The largest absolute Gasteiger partial charge is 0.355 e. The van der Waals surface area contributed by atoms with Crippen molar-refractivity contribution in [2.75, 3.05) is 18.5 Å². The van der Waals surface area contributed by atoms with Gasteiger partial charge in [-0.3, -0.25) is 4.98 Å². The monoisotopic (exact) mass is 263 g/mol. The van der Waals surface area contributed by atoms with Gasteiger partial charge in [-0.05, 0) is 38.4 Å². The maximum Gasteiger partial charge on any atom is 0.0793 e. The fourth-order valence-corrected chi connectivity index (χ4v) is 2.06. The number of aromatic nitrogens is 1. The summed E-state index contributed by atoms with van der Waals surface area (Å²) in [6, 6.07) is 4.12. The number of anilines is 1. The molecule has 1 saturated heterocycles. The third-order valence-electron chi connectivity index (χ3n) is 2.81. The van der Waals surface area contributed by atoms with Crippen molar-refractivity contribution >= 4 is 30.5 Å². The van der Waals surface area contributed by atoms with Gasteiger partial charge >= 0.3 is 0 Å². The number of pyridine rings is 1. The summed E-state index contributed by atoms with van der Waals surface area (Å²) >= 11 is 0. The highest BCUT2D eigenvalue weighted by Crippen LogP contribution is 2.21. The van der Waals surface area contributed by atoms with Crippen LogP contribution >= 0.6 is 24.8 Å². The first-order valence-corrected chi connectivity index (χ1v) is 5.26. The molecular weight excluding hydrogens is 245 g/mol. The van der Waals surface area contributed by atoms with E-state index >= 15 is 0 Å². The molecule has 3 nitrogen and oxygen atoms in total. The molecule has 5 heteroatoms. The van der Waals surface area contributed by atoms with Crippen molar-refractivity contribution < 1.29 is 0 Å². The SMILES string of the molecule is CNC1CCCCN1c1cccnc1.Cl.Cl. The van der Waals surface area contributed by atoms with Gasteiger partial charge in [-0.25, -0.2) is 0 Å². The summed E-state index contributed by atoms with van der Waals surface area (Å²) in [4.78, 5) is 6.56. The summed E-state index contributed by atoms with van der Waals surface area (Å²) in [5.74, 6) is 0. The fourth-order valence-electron chi connectivity index (χ4n) is 2.06. The van der Waals surface area contributed by atoms with Gasteiger partial charge in [0.1, 0.15) is 0 Å². The van der Waals surface area contributed by atoms with Crippen LogP contribution in [0.15, 0.2) is 24.5 Å². The highest BCUT2D eigenvalue weighted by molar-refractivity contribution is 5.85. The molecular formula is C11H19Cl2N3. The van der Waals surface area contributed by atoms with Gasteiger partial charge in [0.25, 0.3) is 0 Å². The maximum absolute atomic E-state index is 4.16. The Bertz CT molecular complexity index is 282. The first kappa shape index (κ1) is 15.5. The van der Waals surface area contributed by atoms with E-state index < -0.39 is 0 Å². The molecule has 0 radical (unpaired) electrons. The molecule has 16 heavy (non-hydrogen) atoms. The second-order valence-corrected chi connectivity index (χ2v) is 3.70. The predicted octanol–water partition coefficient (Wildman–Crippen LogP) is 2.46. The molecule has 0 spiro atoms. The minimum absolute atomic E-state index is 0. The quantitative estimate of drug-likeness (QED) is 0.889. The van der Waals surface area contributed by atoms with Crippen molar-refractivity contribution in [2.45, 2.75) is 25.4 Å². The molecule has 2 rings (SSSR count). The van der Waals surface area contributed by atoms with Crippen molar-refractivity contribution in [2.24, 2.45) is 0 Å². The van der Waals surface area contributed by atoms with Crippen LogP contribution in [0.4, 0.5) is 5.69 Å². The highest BCUT2D eigenvalue weighted by atomic mass is 35.5. The van der Waals surface area contributed by atoms with Crippen molar-refractivity contribution in [1.29, 1.82) is 0 Å². The maximum atomic E-state index is 4.16. The number of hydrogen-bond donors (Lipinski definition) is 1. The van der Waals surface area contributed by atoms with Crippen LogP contribution in [-0.4, -0.2) is 24.7 Å². The lowest BCUT2D eigenvalue weighted by Gasteiger charge is -2.37. The Kier molecular flexibility index (Phi) is 7.47. The highest BCUT2D eigenvalue weighted by Gasteiger charge is 2.20. The van der Waals surface area contributed by atoms with Gasteiger partial charge in [0.05, 0.1) is 18.1 Å². The first-order chi connectivity index (χ1) is 6.92. The van der Waals surface area contributed by atoms with Crippen molar-refractivity contribution in [3.63, 3.8) is 0 Å². The fraction of sp³-hybridized carbons (Fsp3) is 0.545. The minimum Gasteiger partial charge on any atom is -0.355 e. The van der Waals surface area contributed by atoms with E-state index in [9.17, 15) is 0 Å². The number of hydrogen-bond acceptors (Lipinski definition) is 3. The Morgan fingerprint density at radius 2 is 2.19 bits per heavy atom. The Morgan fingerprint density at radius 3 is 2.81 bits per heavy atom. The third kappa shape index (κ3) is 3.51. The van der Waals surface area contributed by atoms with Crippen LogP contribution in [0.3, 0.4) is 0 Å². The lowest BCUT2D eigenvalue weighted by Crippen LogP contribution is -2.47. The third-order valence-corrected chi connectivity index (χ3v) is 2.81. The second kappa shape index (κ2) is 7.71. The van der Waals surface area contributed by atoms with Crippen molar-refractivity contribution in [1.82, 2.24) is 10.3 Å². The molecule has 1 aromatic heterocycles. The zero-order chi connectivity index (χ0) is 9.80. The molecule has 1 aliphatic heterocycles. The standard InChI is InChI=1S/C11H17N3.2ClH/c1-12-11-6-2-3-8-14(11)10-5-4-7-13-9-10;;/h4-5,7,9,11-12H,2-3,6,8H2,1H3;2*1H. The first-order valence-electron chi connectivity index (χ1n) is 5.26. The smallest absolute Gasteiger partial charge is 0.0793 e. The molecule has 1 aliphatic rings. The number of rotatable bonds is 2. The molecule has 0 aromatic carbocycles.